The second-order valence-corrected chi connectivity index (χ2v) is 5.94. The minimum Gasteiger partial charge on any atom is -0.346 e. The molecule has 1 aliphatic rings. The molecule has 2 atom stereocenters. The van der Waals surface area contributed by atoms with Gasteiger partial charge in [-0.3, -0.25) is 0 Å². The minimum absolute atomic E-state index is 0.273. The highest BCUT2D eigenvalue weighted by molar-refractivity contribution is 4.69. The molecule has 0 aromatic carbocycles. The molecule has 0 aromatic rings. The van der Waals surface area contributed by atoms with E-state index in [1.807, 2.05) is 41.5 Å². The maximum absolute atomic E-state index is 5.76. The molecular weight excluding hydrogens is 208 g/mol. The first-order valence-electron chi connectivity index (χ1n) is 5.76. The zero-order valence-electron chi connectivity index (χ0n) is 11.2. The lowest BCUT2D eigenvalue weighted by Crippen LogP contribution is -2.48. The van der Waals surface area contributed by atoms with Gasteiger partial charge in [0.05, 0.1) is 24.4 Å². The summed E-state index contributed by atoms with van der Waals surface area (Å²) in [7, 11) is 0. The van der Waals surface area contributed by atoms with E-state index < -0.39 is 12.6 Å². The van der Waals surface area contributed by atoms with Gasteiger partial charge in [-0.2, -0.15) is 0 Å². The third-order valence-corrected chi connectivity index (χ3v) is 1.81. The molecule has 96 valence electrons. The molecule has 0 amide bonds. The molecule has 0 unspecified atom stereocenters. The fraction of sp³-hybridized carbons (Fsp3) is 1.00. The van der Waals surface area contributed by atoms with E-state index in [-0.39, 0.29) is 11.2 Å². The first kappa shape index (κ1) is 13.9. The standard InChI is InChI=1S/C12H24O4/c1-11(2,3)15-9-10(14-8-7-13-9)16-12(4,5)6/h9-10H,7-8H2,1-6H3/t9-,10-/m0/s1. The lowest BCUT2D eigenvalue weighted by molar-refractivity contribution is -0.355. The third-order valence-electron chi connectivity index (χ3n) is 1.81. The van der Waals surface area contributed by atoms with Crippen LogP contribution in [0.15, 0.2) is 0 Å². The summed E-state index contributed by atoms with van der Waals surface area (Å²) in [6.07, 6.45) is -0.902. The van der Waals surface area contributed by atoms with E-state index in [1.54, 1.807) is 0 Å². The molecule has 1 saturated heterocycles. The van der Waals surface area contributed by atoms with Crippen molar-refractivity contribution in [3.05, 3.63) is 0 Å². The molecule has 4 nitrogen and oxygen atoms in total. The zero-order chi connectivity index (χ0) is 12.4. The molecule has 0 bridgehead atoms. The van der Waals surface area contributed by atoms with Crippen molar-refractivity contribution in [1.82, 2.24) is 0 Å². The highest BCUT2D eigenvalue weighted by Crippen LogP contribution is 2.23. The summed E-state index contributed by atoms with van der Waals surface area (Å²) in [5.74, 6) is 0. The van der Waals surface area contributed by atoms with Crippen LogP contribution in [-0.4, -0.2) is 37.0 Å². The van der Waals surface area contributed by atoms with E-state index in [2.05, 4.69) is 0 Å². The topological polar surface area (TPSA) is 36.9 Å². The predicted molar refractivity (Wildman–Crippen MR) is 61.2 cm³/mol. The van der Waals surface area contributed by atoms with Gasteiger partial charge in [0.1, 0.15) is 0 Å². The quantitative estimate of drug-likeness (QED) is 0.732. The minimum atomic E-state index is -0.451. The summed E-state index contributed by atoms with van der Waals surface area (Å²) in [6, 6.07) is 0. The molecule has 0 radical (unpaired) electrons. The third kappa shape index (κ3) is 5.25. The normalized spacial score (nSPS) is 28.1. The van der Waals surface area contributed by atoms with Crippen LogP contribution < -0.4 is 0 Å². The summed E-state index contributed by atoms with van der Waals surface area (Å²) in [4.78, 5) is 0. The smallest absolute Gasteiger partial charge is 0.210 e. The Morgan fingerprint density at radius 2 is 1.06 bits per heavy atom. The van der Waals surface area contributed by atoms with Crippen LogP contribution in [0.25, 0.3) is 0 Å². The number of hydrogen-bond donors (Lipinski definition) is 0. The van der Waals surface area contributed by atoms with Crippen molar-refractivity contribution in [1.29, 1.82) is 0 Å². The van der Waals surface area contributed by atoms with Crippen molar-refractivity contribution in [2.75, 3.05) is 13.2 Å². The van der Waals surface area contributed by atoms with Crippen molar-refractivity contribution in [2.45, 2.75) is 65.3 Å². The van der Waals surface area contributed by atoms with Crippen molar-refractivity contribution >= 4 is 0 Å². The SMILES string of the molecule is CC(C)(C)O[C@@H]1OCCO[C@H]1OC(C)(C)C. The predicted octanol–water partition coefficient (Wildman–Crippen LogP) is 2.32. The van der Waals surface area contributed by atoms with Gasteiger partial charge < -0.3 is 18.9 Å². The molecule has 16 heavy (non-hydrogen) atoms. The first-order chi connectivity index (χ1) is 7.17. The molecule has 0 saturated carbocycles. The molecule has 1 fully saturated rings. The van der Waals surface area contributed by atoms with Gasteiger partial charge in [-0.25, -0.2) is 0 Å². The van der Waals surface area contributed by atoms with Crippen molar-refractivity contribution < 1.29 is 18.9 Å². The van der Waals surface area contributed by atoms with E-state index in [0.717, 1.165) is 0 Å². The molecule has 0 spiro atoms. The maximum Gasteiger partial charge on any atom is 0.210 e. The Balaban J connectivity index is 2.57. The summed E-state index contributed by atoms with van der Waals surface area (Å²) in [6.45, 7) is 13.0. The van der Waals surface area contributed by atoms with Gasteiger partial charge in [0, 0.05) is 0 Å². The second-order valence-electron chi connectivity index (χ2n) is 5.94. The van der Waals surface area contributed by atoms with Gasteiger partial charge in [0.25, 0.3) is 0 Å². The lowest BCUT2D eigenvalue weighted by atomic mass is 10.2. The van der Waals surface area contributed by atoms with E-state index in [1.165, 1.54) is 0 Å². The van der Waals surface area contributed by atoms with Crippen LogP contribution in [0.5, 0.6) is 0 Å². The Kier molecular flexibility index (Phi) is 4.35. The van der Waals surface area contributed by atoms with Crippen LogP contribution in [0.2, 0.25) is 0 Å². The van der Waals surface area contributed by atoms with Crippen LogP contribution in [0.1, 0.15) is 41.5 Å². The van der Waals surface area contributed by atoms with Crippen LogP contribution >= 0.6 is 0 Å². The monoisotopic (exact) mass is 232 g/mol. The van der Waals surface area contributed by atoms with E-state index in [9.17, 15) is 0 Å². The van der Waals surface area contributed by atoms with E-state index in [4.69, 9.17) is 18.9 Å². The fourth-order valence-electron chi connectivity index (χ4n) is 1.36. The van der Waals surface area contributed by atoms with Gasteiger partial charge in [-0.1, -0.05) is 0 Å². The summed E-state index contributed by atoms with van der Waals surface area (Å²) >= 11 is 0. The average Bonchev–Trinajstić information content (AvgIpc) is 2.03. The molecular formula is C12H24O4. The van der Waals surface area contributed by atoms with Crippen LogP contribution in [-0.2, 0) is 18.9 Å². The van der Waals surface area contributed by atoms with Crippen LogP contribution in [0, 0.1) is 0 Å². The maximum atomic E-state index is 5.76. The van der Waals surface area contributed by atoms with Crippen LogP contribution in [0.3, 0.4) is 0 Å². The number of hydrogen-bond acceptors (Lipinski definition) is 4. The molecule has 1 aliphatic heterocycles. The fourth-order valence-corrected chi connectivity index (χ4v) is 1.36. The Labute approximate surface area is 98.2 Å². The number of ether oxygens (including phenoxy) is 4. The summed E-state index contributed by atoms with van der Waals surface area (Å²) < 4.78 is 22.6. The van der Waals surface area contributed by atoms with Crippen molar-refractivity contribution in [2.24, 2.45) is 0 Å². The molecule has 0 N–H and O–H groups in total. The van der Waals surface area contributed by atoms with Gasteiger partial charge in [0.2, 0.25) is 12.6 Å². The van der Waals surface area contributed by atoms with E-state index >= 15 is 0 Å². The number of rotatable bonds is 2. The Hall–Kier alpha value is -0.160. The first-order valence-corrected chi connectivity index (χ1v) is 5.76. The van der Waals surface area contributed by atoms with E-state index in [0.29, 0.717) is 13.2 Å². The highest BCUT2D eigenvalue weighted by atomic mass is 16.8. The van der Waals surface area contributed by atoms with Crippen LogP contribution in [0.4, 0.5) is 0 Å². The Morgan fingerprint density at radius 3 is 1.31 bits per heavy atom. The van der Waals surface area contributed by atoms with Gasteiger partial charge in [0.15, 0.2) is 0 Å². The largest absolute Gasteiger partial charge is 0.346 e. The summed E-state index contributed by atoms with van der Waals surface area (Å²) in [5, 5.41) is 0. The molecule has 0 aromatic heterocycles. The molecule has 0 aliphatic carbocycles. The average molecular weight is 232 g/mol. The Bertz CT molecular complexity index is 190. The second kappa shape index (κ2) is 5.00. The Morgan fingerprint density at radius 1 is 0.750 bits per heavy atom. The lowest BCUT2D eigenvalue weighted by Gasteiger charge is -2.38. The highest BCUT2D eigenvalue weighted by Gasteiger charge is 2.34. The van der Waals surface area contributed by atoms with Gasteiger partial charge in [-0.15, -0.1) is 0 Å². The van der Waals surface area contributed by atoms with Crippen molar-refractivity contribution in [3.8, 4) is 0 Å². The molecule has 4 heteroatoms. The van der Waals surface area contributed by atoms with Gasteiger partial charge in [-0.05, 0) is 41.5 Å². The van der Waals surface area contributed by atoms with Crippen molar-refractivity contribution in [3.63, 3.8) is 0 Å². The zero-order valence-corrected chi connectivity index (χ0v) is 11.2. The van der Waals surface area contributed by atoms with Gasteiger partial charge >= 0.3 is 0 Å². The molecule has 1 heterocycles. The molecule has 1 rings (SSSR count). The summed E-state index contributed by atoms with van der Waals surface area (Å²) in [5.41, 5.74) is -0.546.